The van der Waals surface area contributed by atoms with Gasteiger partial charge in [0.15, 0.2) is 16.4 Å². The van der Waals surface area contributed by atoms with Gasteiger partial charge in [0.05, 0.1) is 26.7 Å². The monoisotopic (exact) mass is 688 g/mol. The number of sulfone groups is 1. The third-order valence-electron chi connectivity index (χ3n) is 8.18. The van der Waals surface area contributed by atoms with Crippen LogP contribution in [-0.2, 0) is 24.8 Å². The Morgan fingerprint density at radius 1 is 1.20 bits per heavy atom. The molecular formula is C29H26ClF5N4O6S. The number of aromatic nitrogens is 1. The molecule has 2 heterocycles. The first-order valence-electron chi connectivity index (χ1n) is 13.8. The Morgan fingerprint density at radius 2 is 1.85 bits per heavy atom. The number of para-hydroxylation sites is 1. The molecule has 0 bridgehead atoms. The summed E-state index contributed by atoms with van der Waals surface area (Å²) < 4.78 is 93.6. The number of nitrogens with zero attached hydrogens (tertiary/aromatic N) is 2. The number of nitriles is 1. The van der Waals surface area contributed by atoms with Crippen molar-refractivity contribution < 1.29 is 49.8 Å². The largest absolute Gasteiger partial charge is 0.484 e. The molecule has 4 N–H and O–H groups in total. The van der Waals surface area contributed by atoms with E-state index >= 15 is 0 Å². The fraction of sp³-hybridized carbons (Fsp3) is 0.414. The van der Waals surface area contributed by atoms with E-state index in [-0.39, 0.29) is 11.2 Å². The Labute approximate surface area is 263 Å². The summed E-state index contributed by atoms with van der Waals surface area (Å²) in [6.07, 6.45) is -4.06. The lowest BCUT2D eigenvalue weighted by molar-refractivity contribution is -0.153. The Bertz CT molecular complexity index is 1850. The summed E-state index contributed by atoms with van der Waals surface area (Å²) in [4.78, 5) is 27.0. The standard InChI is InChI=1S/C17H15ClF5NO6S.C12H11N3/c18-11-3-8(30-7-17(21,22)23)1-2-13(11)31(28,29)9-4-12(15(26)27)24(6-9)14(25)10-5-16(10,19)20;13-7-12(5-6-12)10-8-3-1-2-4-9(8)15-11(10)14/h1-3,9-10,12H,4-7H2,(H,26,27);1-4,15H,5-6,14H2/t9-,10?,12+;/m1./s1. The van der Waals surface area contributed by atoms with Crippen molar-refractivity contribution in [3.05, 3.63) is 53.1 Å². The second kappa shape index (κ2) is 11.6. The van der Waals surface area contributed by atoms with Crippen molar-refractivity contribution in [2.75, 3.05) is 18.9 Å². The Balaban J connectivity index is 0.000000229. The molecule has 246 valence electrons. The number of amides is 1. The number of halogens is 6. The van der Waals surface area contributed by atoms with Crippen LogP contribution >= 0.6 is 11.6 Å². The van der Waals surface area contributed by atoms with E-state index in [0.29, 0.717) is 10.7 Å². The zero-order valence-corrected chi connectivity index (χ0v) is 25.2. The minimum atomic E-state index is -4.62. The number of nitrogens with one attached hydrogen (secondary N) is 1. The van der Waals surface area contributed by atoms with Crippen LogP contribution < -0.4 is 10.5 Å². The summed E-state index contributed by atoms with van der Waals surface area (Å²) >= 11 is 5.90. The van der Waals surface area contributed by atoms with Crippen LogP contribution in [0.2, 0.25) is 5.02 Å². The number of alkyl halides is 5. The first-order valence-corrected chi connectivity index (χ1v) is 15.7. The fourth-order valence-electron chi connectivity index (χ4n) is 5.55. The maximum atomic E-state index is 13.2. The maximum Gasteiger partial charge on any atom is 0.422 e. The van der Waals surface area contributed by atoms with E-state index in [4.69, 9.17) is 17.3 Å². The van der Waals surface area contributed by atoms with Crippen LogP contribution in [0.25, 0.3) is 10.9 Å². The van der Waals surface area contributed by atoms with E-state index in [1.165, 1.54) is 0 Å². The minimum absolute atomic E-state index is 0.316. The average molecular weight is 689 g/mol. The molecule has 2 saturated carbocycles. The summed E-state index contributed by atoms with van der Waals surface area (Å²) in [5.41, 5.74) is 7.65. The number of H-pyrrole nitrogens is 1. The molecule has 1 saturated heterocycles. The summed E-state index contributed by atoms with van der Waals surface area (Å²) in [5.74, 6) is -7.33. The van der Waals surface area contributed by atoms with E-state index in [1.54, 1.807) is 0 Å². The number of carboxylic acids is 1. The van der Waals surface area contributed by atoms with Gasteiger partial charge in [-0.3, -0.25) is 4.79 Å². The lowest BCUT2D eigenvalue weighted by Gasteiger charge is -2.21. The summed E-state index contributed by atoms with van der Waals surface area (Å²) in [5, 5.41) is 17.7. The van der Waals surface area contributed by atoms with Gasteiger partial charge in [0.1, 0.15) is 23.5 Å². The number of aliphatic carboxylic acids is 1. The second-order valence-electron chi connectivity index (χ2n) is 11.4. The van der Waals surface area contributed by atoms with Crippen LogP contribution in [0.15, 0.2) is 47.4 Å². The summed E-state index contributed by atoms with van der Waals surface area (Å²) in [6.45, 7) is -2.26. The molecule has 1 aromatic heterocycles. The fourth-order valence-corrected chi connectivity index (χ4v) is 7.78. The molecule has 1 amide bonds. The smallest absolute Gasteiger partial charge is 0.422 e. The zero-order valence-electron chi connectivity index (χ0n) is 23.7. The average Bonchev–Trinajstić information content (AvgIpc) is 3.77. The van der Waals surface area contributed by atoms with Crippen LogP contribution in [0.5, 0.6) is 5.75 Å². The summed E-state index contributed by atoms with van der Waals surface area (Å²) in [6, 6.07) is 11.4. The van der Waals surface area contributed by atoms with Crippen LogP contribution in [0.3, 0.4) is 0 Å². The van der Waals surface area contributed by atoms with Crippen molar-refractivity contribution in [2.24, 2.45) is 5.92 Å². The van der Waals surface area contributed by atoms with Gasteiger partial charge in [-0.15, -0.1) is 0 Å². The lowest BCUT2D eigenvalue weighted by Crippen LogP contribution is -2.42. The molecule has 17 heteroatoms. The molecular weight excluding hydrogens is 663 g/mol. The molecule has 6 rings (SSSR count). The number of carbonyl (C=O) groups excluding carboxylic acids is 1. The molecule has 3 aliphatic rings. The van der Waals surface area contributed by atoms with Gasteiger partial charge in [0, 0.05) is 35.5 Å². The SMILES string of the molecule is N#CC1(c2c(N)[nH]c3ccccc23)CC1.O=C(O)[C@@H]1C[C@@H](S(=O)(=O)c2ccc(OCC(F)(F)F)cc2Cl)CN1C(=O)C1CC1(F)F. The van der Waals surface area contributed by atoms with Crippen molar-refractivity contribution in [1.29, 1.82) is 5.26 Å². The molecule has 1 unspecified atom stereocenters. The van der Waals surface area contributed by atoms with Crippen LogP contribution in [-0.4, -0.2) is 71.8 Å². The zero-order chi connectivity index (χ0) is 33.8. The Kier molecular flexibility index (Phi) is 8.39. The molecule has 1 aliphatic heterocycles. The number of ether oxygens (including phenoxy) is 1. The molecule has 3 atom stereocenters. The van der Waals surface area contributed by atoms with E-state index in [1.807, 2.05) is 24.3 Å². The first-order chi connectivity index (χ1) is 21.4. The minimum Gasteiger partial charge on any atom is -0.484 e. The number of rotatable bonds is 7. The molecule has 3 aromatic rings. The second-order valence-corrected chi connectivity index (χ2v) is 14.0. The van der Waals surface area contributed by atoms with Gasteiger partial charge in [0.2, 0.25) is 5.91 Å². The first kappa shape index (κ1) is 33.3. The number of nitrogens with two attached hydrogens (primary N) is 1. The van der Waals surface area contributed by atoms with Gasteiger partial charge in [-0.2, -0.15) is 18.4 Å². The third-order valence-corrected chi connectivity index (χ3v) is 10.8. The number of likely N-dealkylation sites (tertiary alicyclic amines) is 1. The number of anilines is 1. The van der Waals surface area contributed by atoms with Crippen LogP contribution in [0, 0.1) is 17.2 Å². The quantitative estimate of drug-likeness (QED) is 0.290. The molecule has 46 heavy (non-hydrogen) atoms. The molecule has 10 nitrogen and oxygen atoms in total. The highest BCUT2D eigenvalue weighted by atomic mass is 35.5. The highest BCUT2D eigenvalue weighted by Gasteiger charge is 2.64. The number of carboxylic acid groups (broad SMARTS) is 1. The predicted molar refractivity (Wildman–Crippen MR) is 154 cm³/mol. The molecule has 2 aliphatic carbocycles. The van der Waals surface area contributed by atoms with Gasteiger partial charge in [-0.1, -0.05) is 29.8 Å². The van der Waals surface area contributed by atoms with E-state index in [9.17, 15) is 50.3 Å². The van der Waals surface area contributed by atoms with Crippen molar-refractivity contribution in [3.8, 4) is 11.8 Å². The summed E-state index contributed by atoms with van der Waals surface area (Å²) in [7, 11) is -4.35. The van der Waals surface area contributed by atoms with Crippen molar-refractivity contribution >= 4 is 50.0 Å². The molecule has 2 aromatic carbocycles. The number of benzene rings is 2. The molecule has 3 fully saturated rings. The van der Waals surface area contributed by atoms with Gasteiger partial charge in [0.25, 0.3) is 5.92 Å². The Morgan fingerprint density at radius 3 is 2.39 bits per heavy atom. The van der Waals surface area contributed by atoms with Gasteiger partial charge in [-0.05, 0) is 37.5 Å². The van der Waals surface area contributed by atoms with E-state index < -0.39 is 86.9 Å². The van der Waals surface area contributed by atoms with Crippen LogP contribution in [0.1, 0.15) is 31.2 Å². The number of nitrogen functional groups attached to an aromatic ring is 1. The van der Waals surface area contributed by atoms with Gasteiger partial charge >= 0.3 is 12.1 Å². The van der Waals surface area contributed by atoms with Crippen molar-refractivity contribution in [1.82, 2.24) is 9.88 Å². The lowest BCUT2D eigenvalue weighted by atomic mass is 9.96. The highest BCUT2D eigenvalue weighted by Crippen LogP contribution is 2.52. The number of carbonyl (C=O) groups is 2. The third kappa shape index (κ3) is 6.43. The normalized spacial score (nSPS) is 22.8. The van der Waals surface area contributed by atoms with Crippen molar-refractivity contribution in [3.63, 3.8) is 0 Å². The highest BCUT2D eigenvalue weighted by molar-refractivity contribution is 7.92. The van der Waals surface area contributed by atoms with Gasteiger partial charge < -0.3 is 25.5 Å². The number of aromatic amines is 1. The number of hydrogen-bond acceptors (Lipinski definition) is 7. The predicted octanol–water partition coefficient (Wildman–Crippen LogP) is 5.07. The Hall–Kier alpha value is -4.10. The van der Waals surface area contributed by atoms with Gasteiger partial charge in [-0.25, -0.2) is 22.0 Å². The maximum absolute atomic E-state index is 13.2. The number of fused-ring (bicyclic) bond motifs is 1. The van der Waals surface area contributed by atoms with E-state index in [2.05, 4.69) is 15.8 Å². The molecule has 0 spiro atoms. The molecule has 0 radical (unpaired) electrons. The van der Waals surface area contributed by atoms with E-state index in [0.717, 1.165) is 47.5 Å². The number of hydrogen-bond donors (Lipinski definition) is 3. The van der Waals surface area contributed by atoms with Crippen molar-refractivity contribution in [2.45, 2.75) is 59.4 Å². The topological polar surface area (TPSA) is 167 Å². The van der Waals surface area contributed by atoms with Crippen LogP contribution in [0.4, 0.5) is 27.8 Å².